The fourth-order valence-corrected chi connectivity index (χ4v) is 6.71. The number of rotatable bonds is 9. The van der Waals surface area contributed by atoms with Crippen molar-refractivity contribution in [3.63, 3.8) is 0 Å². The van der Waals surface area contributed by atoms with Crippen LogP contribution in [0.5, 0.6) is 23.0 Å². The van der Waals surface area contributed by atoms with Gasteiger partial charge >= 0.3 is 59.1 Å². The molecule has 6 rings (SSSR count). The molecule has 260 valence electrons. The standard InChI is InChI=1S/C34H27N5O10S2.2Na/c1-48-28-15-18(9-12-25(28)36-38-27-14-11-20-21(33(27)40)6-4-8-30(20)50(42,43)44)19-10-13-26(29(16-19)49-2)37-39-32-31(51(45,46)47)17-23-22(34(32)41)5-3-7-24(23)35;;/h3-17,40-41H,35H2,1-2H3,(H,42,43,44)(H,45,46,47);;/q;2*+1/p-2. The van der Waals surface area contributed by atoms with Gasteiger partial charge in [-0.2, -0.15) is 21.9 Å². The van der Waals surface area contributed by atoms with E-state index in [1.807, 2.05) is 0 Å². The number of hydrogen-bond donors (Lipinski definition) is 3. The van der Waals surface area contributed by atoms with E-state index in [0.717, 1.165) is 6.07 Å². The van der Waals surface area contributed by atoms with Crippen LogP contribution in [0.1, 0.15) is 0 Å². The second kappa shape index (κ2) is 16.5. The summed E-state index contributed by atoms with van der Waals surface area (Å²) in [5, 5.41) is 42.7. The summed E-state index contributed by atoms with van der Waals surface area (Å²) in [5.74, 6) is -0.887. The number of nitrogen functional groups attached to an aromatic ring is 1. The normalized spacial score (nSPS) is 11.8. The quantitative estimate of drug-likeness (QED) is 0.0800. The Balaban J connectivity index is 0.00000314. The van der Waals surface area contributed by atoms with E-state index >= 15 is 0 Å². The molecule has 0 fully saturated rings. The average molecular weight is 774 g/mol. The molecule has 15 nitrogen and oxygen atoms in total. The van der Waals surface area contributed by atoms with Gasteiger partial charge < -0.3 is 25.4 Å². The number of benzene rings is 6. The average Bonchev–Trinajstić information content (AvgIpc) is 3.10. The Labute approximate surface area is 347 Å². The zero-order chi connectivity index (χ0) is 36.7. The van der Waals surface area contributed by atoms with Crippen molar-refractivity contribution in [1.29, 1.82) is 0 Å². The van der Waals surface area contributed by atoms with Crippen LogP contribution in [0.25, 0.3) is 32.7 Å². The largest absolute Gasteiger partial charge is 1.00 e. The molecular formula is C34H25N5Na2O10S2. The van der Waals surface area contributed by atoms with Crippen molar-refractivity contribution in [3.05, 3.63) is 91.0 Å². The number of ether oxygens (including phenoxy) is 2. The van der Waals surface area contributed by atoms with Crippen molar-refractivity contribution in [1.82, 2.24) is 0 Å². The molecule has 0 aliphatic rings. The fraction of sp³-hybridized carbons (Fsp3) is 0.0588. The molecule has 0 saturated carbocycles. The molecule has 0 unspecified atom stereocenters. The van der Waals surface area contributed by atoms with Crippen molar-refractivity contribution < 1.29 is 105 Å². The second-order valence-corrected chi connectivity index (χ2v) is 13.7. The van der Waals surface area contributed by atoms with Crippen molar-refractivity contribution in [3.8, 4) is 34.1 Å². The van der Waals surface area contributed by atoms with E-state index in [0.29, 0.717) is 16.9 Å². The predicted octanol–water partition coefficient (Wildman–Crippen LogP) is 0.739. The van der Waals surface area contributed by atoms with Crippen LogP contribution < -0.4 is 84.5 Å². The molecule has 4 N–H and O–H groups in total. The van der Waals surface area contributed by atoms with E-state index in [9.17, 15) is 36.2 Å². The maximum absolute atomic E-state index is 13.2. The summed E-state index contributed by atoms with van der Waals surface area (Å²) in [4.78, 5) is -1.15. The minimum atomic E-state index is -4.89. The van der Waals surface area contributed by atoms with Crippen molar-refractivity contribution in [2.24, 2.45) is 20.5 Å². The van der Waals surface area contributed by atoms with E-state index in [1.54, 1.807) is 30.3 Å². The van der Waals surface area contributed by atoms with Gasteiger partial charge in [-0.15, -0.1) is 15.3 Å². The smallest absolute Gasteiger partial charge is 0.871 e. The summed E-state index contributed by atoms with van der Waals surface area (Å²) < 4.78 is 78.2. The summed E-state index contributed by atoms with van der Waals surface area (Å²) >= 11 is 0. The third kappa shape index (κ3) is 8.49. The van der Waals surface area contributed by atoms with Gasteiger partial charge in [0.2, 0.25) is 0 Å². The molecular weight excluding hydrogens is 749 g/mol. The number of anilines is 1. The molecule has 0 aromatic heterocycles. The van der Waals surface area contributed by atoms with Crippen LogP contribution in [0, 0.1) is 0 Å². The number of azo groups is 2. The van der Waals surface area contributed by atoms with E-state index in [1.165, 1.54) is 68.8 Å². The predicted molar refractivity (Wildman–Crippen MR) is 184 cm³/mol. The number of methoxy groups -OCH3 is 2. The first-order valence-corrected chi connectivity index (χ1v) is 17.5. The molecule has 19 heteroatoms. The zero-order valence-electron chi connectivity index (χ0n) is 28.5. The Hall–Kier alpha value is -4.14. The molecule has 0 aliphatic heterocycles. The second-order valence-electron chi connectivity index (χ2n) is 10.9. The molecule has 0 spiro atoms. The Kier molecular flexibility index (Phi) is 12.9. The summed E-state index contributed by atoms with van der Waals surface area (Å²) in [7, 11) is -6.65. The summed E-state index contributed by atoms with van der Waals surface area (Å²) in [6, 6.07) is 21.9. The molecule has 0 amide bonds. The number of nitrogens with zero attached hydrogens (tertiary/aromatic N) is 4. The fourth-order valence-electron chi connectivity index (χ4n) is 5.36. The molecule has 0 aliphatic carbocycles. The Morgan fingerprint density at radius 3 is 1.60 bits per heavy atom. The number of nitrogens with two attached hydrogens (primary N) is 1. The first-order chi connectivity index (χ1) is 24.2. The first kappa shape index (κ1) is 41.6. The van der Waals surface area contributed by atoms with Crippen LogP contribution in [0.2, 0.25) is 0 Å². The van der Waals surface area contributed by atoms with Gasteiger partial charge in [-0.1, -0.05) is 54.0 Å². The van der Waals surface area contributed by atoms with Gasteiger partial charge in [0.15, 0.2) is 0 Å². The Morgan fingerprint density at radius 1 is 0.566 bits per heavy atom. The monoisotopic (exact) mass is 773 g/mol. The van der Waals surface area contributed by atoms with Crippen molar-refractivity contribution in [2.75, 3.05) is 20.0 Å². The van der Waals surface area contributed by atoms with Crippen LogP contribution in [-0.2, 0) is 20.2 Å². The van der Waals surface area contributed by atoms with Crippen LogP contribution in [0.3, 0.4) is 0 Å². The molecule has 6 aromatic carbocycles. The van der Waals surface area contributed by atoms with Gasteiger partial charge in [0, 0.05) is 16.5 Å². The maximum Gasteiger partial charge on any atom is 1.00 e. The van der Waals surface area contributed by atoms with Crippen LogP contribution in [0.15, 0.2) is 121 Å². The molecule has 0 saturated heterocycles. The summed E-state index contributed by atoms with van der Waals surface area (Å²) in [5.41, 5.74) is 7.06. The van der Waals surface area contributed by atoms with Gasteiger partial charge in [-0.25, -0.2) is 0 Å². The van der Waals surface area contributed by atoms with E-state index in [-0.39, 0.29) is 109 Å². The number of hydrogen-bond acceptors (Lipinski definition) is 13. The summed E-state index contributed by atoms with van der Waals surface area (Å²) in [6.07, 6.45) is 0. The van der Waals surface area contributed by atoms with Gasteiger partial charge in [0.05, 0.1) is 25.6 Å². The first-order valence-electron chi connectivity index (χ1n) is 14.6. The van der Waals surface area contributed by atoms with Gasteiger partial charge in [0.1, 0.15) is 32.7 Å². The molecule has 53 heavy (non-hydrogen) atoms. The van der Waals surface area contributed by atoms with E-state index in [4.69, 9.17) is 15.2 Å². The Bertz CT molecular complexity index is 2680. The van der Waals surface area contributed by atoms with Gasteiger partial charge in [-0.05, 0) is 70.4 Å². The van der Waals surface area contributed by atoms with Crippen LogP contribution >= 0.6 is 0 Å². The van der Waals surface area contributed by atoms with Crippen molar-refractivity contribution in [2.45, 2.75) is 9.79 Å². The third-order valence-corrected chi connectivity index (χ3v) is 9.61. The topological polar surface area (TPSA) is 249 Å². The minimum Gasteiger partial charge on any atom is -0.871 e. The zero-order valence-corrected chi connectivity index (χ0v) is 34.1. The van der Waals surface area contributed by atoms with Crippen LogP contribution in [-0.4, -0.2) is 40.2 Å². The SMILES string of the molecule is COc1cc(-c2ccc(N=Nc3c(S(=O)(=O)O)cc4c(N)cccc4c3[O-])c(OC)c2)ccc1N=Nc1ccc2c(S(=O)(=O)O)cccc2c1[O-].[Na+].[Na+]. The minimum absolute atomic E-state index is 0. The van der Waals surface area contributed by atoms with E-state index in [2.05, 4.69) is 20.5 Å². The van der Waals surface area contributed by atoms with E-state index < -0.39 is 47.2 Å². The maximum atomic E-state index is 13.2. The van der Waals surface area contributed by atoms with Gasteiger partial charge in [-0.3, -0.25) is 9.11 Å². The summed E-state index contributed by atoms with van der Waals surface area (Å²) in [6.45, 7) is 0. The Morgan fingerprint density at radius 2 is 1.06 bits per heavy atom. The van der Waals surface area contributed by atoms with Crippen LogP contribution in [0.4, 0.5) is 28.4 Å². The molecule has 0 atom stereocenters. The molecule has 6 aromatic rings. The molecule has 0 radical (unpaired) electrons. The van der Waals surface area contributed by atoms with Gasteiger partial charge in [0.25, 0.3) is 20.2 Å². The third-order valence-electron chi connectivity index (χ3n) is 7.83. The molecule has 0 bridgehead atoms. The van der Waals surface area contributed by atoms with Crippen molar-refractivity contribution >= 4 is 70.2 Å². The number of fused-ring (bicyclic) bond motifs is 2. The molecule has 0 heterocycles.